The Kier molecular flexibility index (Phi) is 8.07. The molecule has 10 nitrogen and oxygen atoms in total. The van der Waals surface area contributed by atoms with Crippen molar-refractivity contribution in [2.45, 2.75) is 24.5 Å². The minimum absolute atomic E-state index is 0.242. The van der Waals surface area contributed by atoms with Gasteiger partial charge in [0, 0.05) is 12.4 Å². The van der Waals surface area contributed by atoms with E-state index in [2.05, 4.69) is 4.98 Å². The minimum Gasteiger partial charge on any atom is -0.459 e. The molecule has 3 aromatic carbocycles. The number of nitrogens with zero attached hydrogens (tertiary/aromatic N) is 2. The van der Waals surface area contributed by atoms with Crippen LogP contribution in [0.2, 0.25) is 0 Å². The van der Waals surface area contributed by atoms with E-state index in [0.717, 1.165) is 4.57 Å². The number of hydrogen-bond acceptors (Lipinski definition) is 9. The number of ether oxygens (including phenoxy) is 4. The molecule has 1 saturated heterocycles. The lowest BCUT2D eigenvalue weighted by molar-refractivity contribution is -0.0639. The van der Waals surface area contributed by atoms with Crippen molar-refractivity contribution in [1.82, 2.24) is 9.55 Å². The van der Waals surface area contributed by atoms with E-state index in [1.807, 2.05) is 0 Å². The number of hydrogen-bond donors (Lipinski definition) is 0. The number of benzene rings is 3. The van der Waals surface area contributed by atoms with Gasteiger partial charge in [0.2, 0.25) is 0 Å². The van der Waals surface area contributed by atoms with Gasteiger partial charge in [-0.3, -0.25) is 4.57 Å². The lowest BCUT2D eigenvalue weighted by atomic mass is 10.1. The minimum atomic E-state index is -1.29. The molecule has 0 bridgehead atoms. The molecular formula is C30H24N2O8. The lowest BCUT2D eigenvalue weighted by Gasteiger charge is -2.25. The summed E-state index contributed by atoms with van der Waals surface area (Å²) in [5, 5.41) is 0. The molecule has 1 aliphatic rings. The van der Waals surface area contributed by atoms with Crippen LogP contribution in [0.15, 0.2) is 114 Å². The van der Waals surface area contributed by atoms with Crippen LogP contribution in [0.5, 0.6) is 0 Å². The van der Waals surface area contributed by atoms with Gasteiger partial charge in [-0.2, -0.15) is 0 Å². The molecule has 10 heteroatoms. The van der Waals surface area contributed by atoms with E-state index in [9.17, 15) is 19.2 Å². The van der Waals surface area contributed by atoms with Crippen LogP contribution in [-0.2, 0) is 18.9 Å². The zero-order chi connectivity index (χ0) is 27.9. The molecule has 0 saturated carbocycles. The van der Waals surface area contributed by atoms with Crippen LogP contribution in [0.25, 0.3) is 0 Å². The monoisotopic (exact) mass is 540 g/mol. The van der Waals surface area contributed by atoms with Gasteiger partial charge in [0.25, 0.3) is 0 Å². The van der Waals surface area contributed by atoms with Crippen molar-refractivity contribution in [3.8, 4) is 0 Å². The molecule has 0 aliphatic carbocycles. The van der Waals surface area contributed by atoms with Gasteiger partial charge in [-0.1, -0.05) is 54.6 Å². The van der Waals surface area contributed by atoms with Crippen LogP contribution >= 0.6 is 0 Å². The third-order valence-corrected chi connectivity index (χ3v) is 6.19. The summed E-state index contributed by atoms with van der Waals surface area (Å²) >= 11 is 0. The van der Waals surface area contributed by atoms with Gasteiger partial charge in [-0.05, 0) is 42.5 Å². The van der Waals surface area contributed by atoms with Crippen molar-refractivity contribution < 1.29 is 33.3 Å². The highest BCUT2D eigenvalue weighted by Crippen LogP contribution is 2.34. The van der Waals surface area contributed by atoms with E-state index in [1.165, 1.54) is 18.5 Å². The van der Waals surface area contributed by atoms with Crippen molar-refractivity contribution in [1.29, 1.82) is 0 Å². The standard InChI is InChI=1S/C30H24N2O8/c33-27(20-11-4-1-5-12-20)37-19-23-24(39-28(34)21-13-6-2-7-14-21)25(40-29(35)22-15-8-3-9-16-22)26(38-23)32-18-10-17-31-30(32)36/h1-18,23-26H,19H2/t23-,24?,25?,26-/m1/s1. The maximum absolute atomic E-state index is 13.1. The van der Waals surface area contributed by atoms with E-state index in [0.29, 0.717) is 5.56 Å². The fourth-order valence-corrected chi connectivity index (χ4v) is 4.24. The van der Waals surface area contributed by atoms with Crippen LogP contribution in [0.3, 0.4) is 0 Å². The molecule has 5 rings (SSSR count). The predicted molar refractivity (Wildman–Crippen MR) is 140 cm³/mol. The Balaban J connectivity index is 1.48. The average molecular weight is 541 g/mol. The number of carbonyl (C=O) groups excluding carboxylic acids is 3. The van der Waals surface area contributed by atoms with E-state index in [-0.39, 0.29) is 17.7 Å². The molecule has 0 N–H and O–H groups in total. The summed E-state index contributed by atoms with van der Waals surface area (Å²) in [5.41, 5.74) is 0.123. The van der Waals surface area contributed by atoms with Gasteiger partial charge >= 0.3 is 23.6 Å². The molecule has 0 amide bonds. The Labute approximate surface area is 228 Å². The summed E-state index contributed by atoms with van der Waals surface area (Å²) in [6.07, 6.45) is -2.14. The summed E-state index contributed by atoms with van der Waals surface area (Å²) in [6, 6.07) is 26.3. The highest BCUT2D eigenvalue weighted by atomic mass is 16.7. The first kappa shape index (κ1) is 26.5. The summed E-state index contributed by atoms with van der Waals surface area (Å²) in [4.78, 5) is 55.3. The first-order valence-electron chi connectivity index (χ1n) is 12.4. The average Bonchev–Trinajstić information content (AvgIpc) is 3.33. The van der Waals surface area contributed by atoms with Crippen LogP contribution < -0.4 is 5.69 Å². The van der Waals surface area contributed by atoms with Crippen molar-refractivity contribution in [2.75, 3.05) is 6.61 Å². The van der Waals surface area contributed by atoms with Crippen molar-refractivity contribution >= 4 is 17.9 Å². The Bertz CT molecular complexity index is 1530. The van der Waals surface area contributed by atoms with Gasteiger partial charge in [0.15, 0.2) is 18.4 Å². The van der Waals surface area contributed by atoms with Gasteiger partial charge in [0.1, 0.15) is 12.7 Å². The van der Waals surface area contributed by atoms with Crippen molar-refractivity contribution in [2.24, 2.45) is 0 Å². The Morgan fingerprint density at radius 1 is 0.700 bits per heavy atom. The first-order chi connectivity index (χ1) is 19.5. The van der Waals surface area contributed by atoms with Crippen molar-refractivity contribution in [3.05, 3.63) is 137 Å². The van der Waals surface area contributed by atoms with E-state index < -0.39 is 48.1 Å². The Hall–Kier alpha value is -5.09. The zero-order valence-corrected chi connectivity index (χ0v) is 21.1. The topological polar surface area (TPSA) is 123 Å². The molecule has 0 spiro atoms. The lowest BCUT2D eigenvalue weighted by Crippen LogP contribution is -2.42. The molecule has 2 unspecified atom stereocenters. The molecule has 1 aliphatic heterocycles. The van der Waals surface area contributed by atoms with E-state index in [1.54, 1.807) is 91.0 Å². The van der Waals surface area contributed by atoms with E-state index >= 15 is 0 Å². The molecule has 0 radical (unpaired) electrons. The normalized spacial score (nSPS) is 19.9. The van der Waals surface area contributed by atoms with E-state index in [4.69, 9.17) is 18.9 Å². The second-order valence-corrected chi connectivity index (χ2v) is 8.81. The maximum Gasteiger partial charge on any atom is 0.349 e. The molecule has 4 atom stereocenters. The smallest absolute Gasteiger partial charge is 0.349 e. The molecule has 1 fully saturated rings. The molecule has 40 heavy (non-hydrogen) atoms. The largest absolute Gasteiger partial charge is 0.459 e. The Morgan fingerprint density at radius 2 is 1.20 bits per heavy atom. The molecule has 2 heterocycles. The second kappa shape index (κ2) is 12.2. The van der Waals surface area contributed by atoms with Gasteiger partial charge < -0.3 is 18.9 Å². The van der Waals surface area contributed by atoms with Crippen LogP contribution in [-0.4, -0.2) is 52.4 Å². The third kappa shape index (κ3) is 5.97. The van der Waals surface area contributed by atoms with Gasteiger partial charge in [-0.25, -0.2) is 24.2 Å². The van der Waals surface area contributed by atoms with Crippen molar-refractivity contribution in [3.63, 3.8) is 0 Å². The first-order valence-corrected chi connectivity index (χ1v) is 12.4. The molecule has 202 valence electrons. The molecular weight excluding hydrogens is 516 g/mol. The second-order valence-electron chi connectivity index (χ2n) is 8.81. The maximum atomic E-state index is 13.1. The fraction of sp³-hybridized carbons (Fsp3) is 0.167. The van der Waals surface area contributed by atoms with Gasteiger partial charge in [0.05, 0.1) is 16.7 Å². The zero-order valence-electron chi connectivity index (χ0n) is 21.1. The molecule has 1 aromatic heterocycles. The number of rotatable bonds is 8. The summed E-state index contributed by atoms with van der Waals surface area (Å²) < 4.78 is 24.4. The van der Waals surface area contributed by atoms with Crippen LogP contribution in [0, 0.1) is 0 Å². The highest BCUT2D eigenvalue weighted by Gasteiger charge is 2.51. The number of aromatic nitrogens is 2. The summed E-state index contributed by atoms with van der Waals surface area (Å²) in [6.45, 7) is -0.356. The summed E-state index contributed by atoms with van der Waals surface area (Å²) in [7, 11) is 0. The summed E-state index contributed by atoms with van der Waals surface area (Å²) in [5.74, 6) is -2.07. The number of carbonyl (C=O) groups is 3. The number of esters is 3. The SMILES string of the molecule is O=C(OC[C@H]1O[C@@H](n2cccnc2=O)C(OC(=O)c2ccccc2)C1OC(=O)c1ccccc1)c1ccccc1. The Morgan fingerprint density at radius 3 is 1.73 bits per heavy atom. The van der Waals surface area contributed by atoms with Crippen LogP contribution in [0.4, 0.5) is 0 Å². The quantitative estimate of drug-likeness (QED) is 0.244. The fourth-order valence-electron chi connectivity index (χ4n) is 4.24. The van der Waals surface area contributed by atoms with Gasteiger partial charge in [-0.15, -0.1) is 0 Å². The third-order valence-electron chi connectivity index (χ3n) is 6.19. The highest BCUT2D eigenvalue weighted by molar-refractivity contribution is 5.91. The molecule has 4 aromatic rings. The van der Waals surface area contributed by atoms with Crippen LogP contribution in [0.1, 0.15) is 37.3 Å². The predicted octanol–water partition coefficient (Wildman–Crippen LogP) is 3.45.